The van der Waals surface area contributed by atoms with E-state index in [1.54, 1.807) is 6.92 Å². The number of hydrogen-bond donors (Lipinski definition) is 2. The number of ether oxygens (including phenoxy) is 1. The lowest BCUT2D eigenvalue weighted by Gasteiger charge is -2.21. The zero-order chi connectivity index (χ0) is 11.4. The maximum Gasteiger partial charge on any atom is 0.407 e. The first-order valence-electron chi connectivity index (χ1n) is 4.92. The van der Waals surface area contributed by atoms with Crippen molar-refractivity contribution in [2.45, 2.75) is 25.4 Å². The SMILES string of the molecule is COC(=O)NC1CCN(C(C)C(N)=O)C1. The van der Waals surface area contributed by atoms with Gasteiger partial charge in [-0.25, -0.2) is 4.79 Å². The number of amides is 2. The lowest BCUT2D eigenvalue weighted by Crippen LogP contribution is -2.43. The van der Waals surface area contributed by atoms with Crippen LogP contribution in [0.15, 0.2) is 0 Å². The maximum atomic E-state index is 10.9. The molecule has 2 atom stereocenters. The number of nitrogens with one attached hydrogen (secondary N) is 1. The van der Waals surface area contributed by atoms with Crippen LogP contribution >= 0.6 is 0 Å². The predicted octanol–water partition coefficient (Wildman–Crippen LogP) is -0.709. The van der Waals surface area contributed by atoms with Gasteiger partial charge in [0.25, 0.3) is 0 Å². The summed E-state index contributed by atoms with van der Waals surface area (Å²) in [6, 6.07) is -0.242. The fourth-order valence-electron chi connectivity index (χ4n) is 1.66. The zero-order valence-corrected chi connectivity index (χ0v) is 9.03. The van der Waals surface area contributed by atoms with E-state index in [-0.39, 0.29) is 18.0 Å². The van der Waals surface area contributed by atoms with Gasteiger partial charge < -0.3 is 15.8 Å². The third-order valence-corrected chi connectivity index (χ3v) is 2.69. The standard InChI is InChI=1S/C9H17N3O3/c1-6(8(10)13)12-4-3-7(5-12)11-9(14)15-2/h6-7H,3-5H2,1-2H3,(H2,10,13)(H,11,14). The highest BCUT2D eigenvalue weighted by Crippen LogP contribution is 2.12. The van der Waals surface area contributed by atoms with Crippen molar-refractivity contribution < 1.29 is 14.3 Å². The second-order valence-electron chi connectivity index (χ2n) is 3.69. The van der Waals surface area contributed by atoms with Crippen LogP contribution in [0, 0.1) is 0 Å². The first-order chi connectivity index (χ1) is 7.04. The average molecular weight is 215 g/mol. The van der Waals surface area contributed by atoms with Gasteiger partial charge in [-0.15, -0.1) is 0 Å². The van der Waals surface area contributed by atoms with E-state index in [1.807, 2.05) is 4.90 Å². The molecule has 1 rings (SSSR count). The molecule has 1 fully saturated rings. The molecule has 0 aromatic carbocycles. The average Bonchev–Trinajstić information content (AvgIpc) is 2.64. The van der Waals surface area contributed by atoms with Crippen LogP contribution in [0.25, 0.3) is 0 Å². The summed E-state index contributed by atoms with van der Waals surface area (Å²) in [6.45, 7) is 3.17. The number of nitrogens with two attached hydrogens (primary N) is 1. The van der Waals surface area contributed by atoms with Crippen molar-refractivity contribution in [3.05, 3.63) is 0 Å². The first kappa shape index (κ1) is 11.8. The van der Waals surface area contributed by atoms with E-state index in [4.69, 9.17) is 5.73 Å². The van der Waals surface area contributed by atoms with Crippen LogP contribution in [0.3, 0.4) is 0 Å². The van der Waals surface area contributed by atoms with E-state index in [9.17, 15) is 9.59 Å². The topological polar surface area (TPSA) is 84.7 Å². The van der Waals surface area contributed by atoms with E-state index in [1.165, 1.54) is 7.11 Å². The van der Waals surface area contributed by atoms with Crippen molar-refractivity contribution in [2.75, 3.05) is 20.2 Å². The number of alkyl carbamates (subject to hydrolysis) is 1. The quantitative estimate of drug-likeness (QED) is 0.651. The minimum Gasteiger partial charge on any atom is -0.453 e. The highest BCUT2D eigenvalue weighted by atomic mass is 16.5. The van der Waals surface area contributed by atoms with Crippen LogP contribution in [0.1, 0.15) is 13.3 Å². The van der Waals surface area contributed by atoms with Gasteiger partial charge in [0, 0.05) is 19.1 Å². The second kappa shape index (κ2) is 4.97. The predicted molar refractivity (Wildman–Crippen MR) is 54.2 cm³/mol. The molecule has 86 valence electrons. The van der Waals surface area contributed by atoms with Gasteiger partial charge in [0.2, 0.25) is 5.91 Å². The molecule has 1 aliphatic heterocycles. The summed E-state index contributed by atoms with van der Waals surface area (Å²) in [5.74, 6) is -0.339. The molecular weight excluding hydrogens is 198 g/mol. The van der Waals surface area contributed by atoms with E-state index in [0.29, 0.717) is 6.54 Å². The highest BCUT2D eigenvalue weighted by molar-refractivity contribution is 5.79. The largest absolute Gasteiger partial charge is 0.453 e. The van der Waals surface area contributed by atoms with Crippen LogP contribution in [0.5, 0.6) is 0 Å². The molecule has 15 heavy (non-hydrogen) atoms. The molecule has 1 aliphatic rings. The summed E-state index contributed by atoms with van der Waals surface area (Å²) in [5.41, 5.74) is 5.20. The summed E-state index contributed by atoms with van der Waals surface area (Å²) in [7, 11) is 1.33. The van der Waals surface area contributed by atoms with Gasteiger partial charge in [0.05, 0.1) is 13.2 Å². The monoisotopic (exact) mass is 215 g/mol. The van der Waals surface area contributed by atoms with Gasteiger partial charge in [-0.05, 0) is 13.3 Å². The normalized spacial score (nSPS) is 23.5. The molecule has 3 N–H and O–H groups in total. The lowest BCUT2D eigenvalue weighted by atomic mass is 10.3. The minimum absolute atomic E-state index is 0.0410. The summed E-state index contributed by atoms with van der Waals surface area (Å²) in [5, 5.41) is 2.70. The van der Waals surface area contributed by atoms with Crippen molar-refractivity contribution >= 4 is 12.0 Å². The molecule has 0 bridgehead atoms. The fraction of sp³-hybridized carbons (Fsp3) is 0.778. The number of carbonyl (C=O) groups excluding carboxylic acids is 2. The van der Waals surface area contributed by atoms with Crippen molar-refractivity contribution in [1.29, 1.82) is 0 Å². The molecule has 0 spiro atoms. The number of hydrogen-bond acceptors (Lipinski definition) is 4. The van der Waals surface area contributed by atoms with Crippen LogP contribution in [-0.4, -0.2) is 49.2 Å². The molecule has 2 amide bonds. The molecule has 2 unspecified atom stereocenters. The molecule has 0 aliphatic carbocycles. The summed E-state index contributed by atoms with van der Waals surface area (Å²) >= 11 is 0. The van der Waals surface area contributed by atoms with Gasteiger partial charge in [-0.3, -0.25) is 9.69 Å². The number of methoxy groups -OCH3 is 1. The Bertz CT molecular complexity index is 257. The Labute approximate surface area is 88.7 Å². The first-order valence-corrected chi connectivity index (χ1v) is 4.92. The molecule has 1 heterocycles. The molecule has 0 saturated carbocycles. The van der Waals surface area contributed by atoms with E-state index < -0.39 is 6.09 Å². The van der Waals surface area contributed by atoms with Gasteiger partial charge in [0.15, 0.2) is 0 Å². The Morgan fingerprint density at radius 3 is 2.80 bits per heavy atom. The molecule has 0 aromatic heterocycles. The van der Waals surface area contributed by atoms with Crippen molar-refractivity contribution in [3.8, 4) is 0 Å². The van der Waals surface area contributed by atoms with E-state index >= 15 is 0 Å². The van der Waals surface area contributed by atoms with Crippen molar-refractivity contribution in [2.24, 2.45) is 5.73 Å². The van der Waals surface area contributed by atoms with Crippen LogP contribution in [0.2, 0.25) is 0 Å². The molecule has 1 saturated heterocycles. The van der Waals surface area contributed by atoms with Gasteiger partial charge in [-0.2, -0.15) is 0 Å². The Morgan fingerprint density at radius 1 is 1.60 bits per heavy atom. The van der Waals surface area contributed by atoms with Crippen molar-refractivity contribution in [3.63, 3.8) is 0 Å². The Kier molecular flexibility index (Phi) is 3.90. The molecule has 0 radical (unpaired) electrons. The zero-order valence-electron chi connectivity index (χ0n) is 9.03. The fourth-order valence-corrected chi connectivity index (χ4v) is 1.66. The Hall–Kier alpha value is -1.30. The number of primary amides is 1. The number of nitrogens with zero attached hydrogens (tertiary/aromatic N) is 1. The number of likely N-dealkylation sites (tertiary alicyclic amines) is 1. The molecule has 6 nitrogen and oxygen atoms in total. The Morgan fingerprint density at radius 2 is 2.27 bits per heavy atom. The maximum absolute atomic E-state index is 10.9. The molecular formula is C9H17N3O3. The Balaban J connectivity index is 2.38. The third kappa shape index (κ3) is 3.09. The van der Waals surface area contributed by atoms with Crippen LogP contribution < -0.4 is 11.1 Å². The third-order valence-electron chi connectivity index (χ3n) is 2.69. The van der Waals surface area contributed by atoms with Crippen LogP contribution in [0.4, 0.5) is 4.79 Å². The summed E-state index contributed by atoms with van der Waals surface area (Å²) in [4.78, 5) is 23.8. The number of rotatable bonds is 3. The molecule has 6 heteroatoms. The second-order valence-corrected chi connectivity index (χ2v) is 3.69. The van der Waals surface area contributed by atoms with Crippen molar-refractivity contribution in [1.82, 2.24) is 10.2 Å². The van der Waals surface area contributed by atoms with Gasteiger partial charge >= 0.3 is 6.09 Å². The summed E-state index contributed by atoms with van der Waals surface area (Å²) < 4.78 is 4.50. The van der Waals surface area contributed by atoms with Gasteiger partial charge in [-0.1, -0.05) is 0 Å². The van der Waals surface area contributed by atoms with E-state index in [2.05, 4.69) is 10.1 Å². The lowest BCUT2D eigenvalue weighted by molar-refractivity contribution is -0.122. The minimum atomic E-state index is -0.437. The smallest absolute Gasteiger partial charge is 0.407 e. The van der Waals surface area contributed by atoms with Gasteiger partial charge in [0.1, 0.15) is 0 Å². The highest BCUT2D eigenvalue weighted by Gasteiger charge is 2.29. The summed E-state index contributed by atoms with van der Waals surface area (Å²) in [6.07, 6.45) is 0.376. The van der Waals surface area contributed by atoms with E-state index in [0.717, 1.165) is 13.0 Å². The molecule has 0 aromatic rings. The number of carbonyl (C=O) groups is 2. The van der Waals surface area contributed by atoms with Crippen LogP contribution in [-0.2, 0) is 9.53 Å².